The van der Waals surface area contributed by atoms with E-state index < -0.39 is 5.76 Å². The summed E-state index contributed by atoms with van der Waals surface area (Å²) in [6.07, 6.45) is 0. The molecule has 1 aliphatic heterocycles. The van der Waals surface area contributed by atoms with Gasteiger partial charge in [0.25, 0.3) is 0 Å². The maximum absolute atomic E-state index is 10.9. The van der Waals surface area contributed by atoms with Gasteiger partial charge in [-0.2, -0.15) is 4.68 Å². The molecule has 1 unspecified atom stereocenters. The fourth-order valence-corrected chi connectivity index (χ4v) is 1.23. The number of aryl methyl sites for hydroxylation is 1. The van der Waals surface area contributed by atoms with Crippen molar-refractivity contribution in [3.63, 3.8) is 0 Å². The number of hydrogen-bond acceptors (Lipinski definition) is 5. The fraction of sp³-hybridized carbons (Fsp3) is 0.714. The van der Waals surface area contributed by atoms with Crippen LogP contribution in [0.3, 0.4) is 0 Å². The average Bonchev–Trinajstić information content (AvgIpc) is 2.49. The molecular weight excluding hydrogens is 174 g/mol. The lowest BCUT2D eigenvalue weighted by Crippen LogP contribution is -2.34. The molecule has 1 fully saturated rings. The number of morpholine rings is 1. The first kappa shape index (κ1) is 8.46. The van der Waals surface area contributed by atoms with E-state index in [2.05, 4.69) is 10.4 Å². The molecule has 2 rings (SSSR count). The van der Waals surface area contributed by atoms with Gasteiger partial charge in [-0.25, -0.2) is 4.79 Å². The van der Waals surface area contributed by atoms with Crippen LogP contribution < -0.4 is 11.1 Å². The summed E-state index contributed by atoms with van der Waals surface area (Å²) in [6, 6.07) is -0.0948. The highest BCUT2D eigenvalue weighted by molar-refractivity contribution is 4.88. The van der Waals surface area contributed by atoms with Crippen LogP contribution in [0.5, 0.6) is 0 Å². The van der Waals surface area contributed by atoms with Gasteiger partial charge in [-0.3, -0.25) is 0 Å². The first-order valence-corrected chi connectivity index (χ1v) is 4.12. The second kappa shape index (κ2) is 3.31. The summed E-state index contributed by atoms with van der Waals surface area (Å²) in [5.41, 5.74) is 0. The second-order valence-electron chi connectivity index (χ2n) is 2.91. The Morgan fingerprint density at radius 2 is 2.54 bits per heavy atom. The number of hydrogen-bond donors (Lipinski definition) is 1. The van der Waals surface area contributed by atoms with Crippen molar-refractivity contribution in [1.82, 2.24) is 15.1 Å². The molecule has 0 saturated carbocycles. The molecular formula is C7H11N3O3. The SMILES string of the molecule is Cn1nc(C2COCCN2)oc1=O. The van der Waals surface area contributed by atoms with E-state index in [0.29, 0.717) is 19.1 Å². The zero-order chi connectivity index (χ0) is 9.26. The topological polar surface area (TPSA) is 69.3 Å². The molecule has 1 saturated heterocycles. The summed E-state index contributed by atoms with van der Waals surface area (Å²) in [7, 11) is 1.55. The van der Waals surface area contributed by atoms with Gasteiger partial charge < -0.3 is 14.5 Å². The van der Waals surface area contributed by atoms with Gasteiger partial charge in [0.1, 0.15) is 6.04 Å². The molecule has 13 heavy (non-hydrogen) atoms. The van der Waals surface area contributed by atoms with Crippen molar-refractivity contribution in [3.8, 4) is 0 Å². The zero-order valence-electron chi connectivity index (χ0n) is 7.32. The smallest absolute Gasteiger partial charge is 0.390 e. The summed E-state index contributed by atoms with van der Waals surface area (Å²) < 4.78 is 11.3. The molecule has 0 bridgehead atoms. The number of aromatic nitrogens is 2. The first-order valence-electron chi connectivity index (χ1n) is 4.12. The van der Waals surface area contributed by atoms with Gasteiger partial charge in [-0.15, -0.1) is 5.10 Å². The van der Waals surface area contributed by atoms with E-state index in [9.17, 15) is 4.79 Å². The molecule has 1 atom stereocenters. The molecule has 1 aromatic rings. The molecule has 1 aromatic heterocycles. The number of nitrogens with zero attached hydrogens (tertiary/aromatic N) is 2. The summed E-state index contributed by atoms with van der Waals surface area (Å²) >= 11 is 0. The van der Waals surface area contributed by atoms with Crippen molar-refractivity contribution in [1.29, 1.82) is 0 Å². The van der Waals surface area contributed by atoms with Crippen LogP contribution in [0.2, 0.25) is 0 Å². The normalized spacial score (nSPS) is 23.3. The van der Waals surface area contributed by atoms with Gasteiger partial charge in [0, 0.05) is 13.6 Å². The standard InChI is InChI=1S/C7H11N3O3/c1-10-7(11)13-6(9-10)5-4-12-3-2-8-5/h5,8H,2-4H2,1H3. The van der Waals surface area contributed by atoms with Crippen LogP contribution in [0.4, 0.5) is 0 Å². The monoisotopic (exact) mass is 185 g/mol. The van der Waals surface area contributed by atoms with Gasteiger partial charge in [0.05, 0.1) is 13.2 Å². The maximum atomic E-state index is 10.9. The molecule has 0 aliphatic carbocycles. The maximum Gasteiger partial charge on any atom is 0.436 e. The van der Waals surface area contributed by atoms with Crippen LogP contribution in [0.15, 0.2) is 9.21 Å². The van der Waals surface area contributed by atoms with Crippen LogP contribution in [0.1, 0.15) is 11.9 Å². The second-order valence-corrected chi connectivity index (χ2v) is 2.91. The van der Waals surface area contributed by atoms with Gasteiger partial charge in [-0.1, -0.05) is 0 Å². The van der Waals surface area contributed by atoms with Crippen LogP contribution in [-0.4, -0.2) is 29.5 Å². The third kappa shape index (κ3) is 1.63. The highest BCUT2D eigenvalue weighted by atomic mass is 16.5. The number of rotatable bonds is 1. The van der Waals surface area contributed by atoms with E-state index in [4.69, 9.17) is 9.15 Å². The van der Waals surface area contributed by atoms with Crippen molar-refractivity contribution >= 4 is 0 Å². The summed E-state index contributed by atoms with van der Waals surface area (Å²) in [6.45, 7) is 1.94. The lowest BCUT2D eigenvalue weighted by molar-refractivity contribution is 0.0676. The van der Waals surface area contributed by atoms with E-state index in [1.807, 2.05) is 0 Å². The Hall–Kier alpha value is -1.14. The summed E-state index contributed by atoms with van der Waals surface area (Å²) in [4.78, 5) is 10.9. The van der Waals surface area contributed by atoms with Crippen LogP contribution in [-0.2, 0) is 11.8 Å². The van der Waals surface area contributed by atoms with Crippen molar-refractivity contribution in [2.24, 2.45) is 7.05 Å². The number of nitrogens with one attached hydrogen (secondary N) is 1. The van der Waals surface area contributed by atoms with Crippen molar-refractivity contribution in [3.05, 3.63) is 16.4 Å². The third-order valence-corrected chi connectivity index (χ3v) is 1.92. The van der Waals surface area contributed by atoms with Crippen molar-refractivity contribution < 1.29 is 9.15 Å². The minimum absolute atomic E-state index is 0.0948. The molecule has 2 heterocycles. The fourth-order valence-electron chi connectivity index (χ4n) is 1.23. The van der Waals surface area contributed by atoms with Crippen LogP contribution >= 0.6 is 0 Å². The first-order chi connectivity index (χ1) is 6.27. The zero-order valence-corrected chi connectivity index (χ0v) is 7.32. The minimum atomic E-state index is -0.442. The van der Waals surface area contributed by atoms with E-state index in [1.165, 1.54) is 4.68 Å². The van der Waals surface area contributed by atoms with Crippen molar-refractivity contribution in [2.45, 2.75) is 6.04 Å². The highest BCUT2D eigenvalue weighted by Crippen LogP contribution is 2.10. The average molecular weight is 185 g/mol. The highest BCUT2D eigenvalue weighted by Gasteiger charge is 2.21. The summed E-state index contributed by atoms with van der Waals surface area (Å²) in [5, 5.41) is 7.07. The third-order valence-electron chi connectivity index (χ3n) is 1.92. The van der Waals surface area contributed by atoms with Gasteiger partial charge in [0.15, 0.2) is 0 Å². The quantitative estimate of drug-likeness (QED) is 0.610. The molecule has 0 aromatic carbocycles. The number of ether oxygens (including phenoxy) is 1. The van der Waals surface area contributed by atoms with E-state index in [0.717, 1.165) is 6.54 Å². The minimum Gasteiger partial charge on any atom is -0.390 e. The Morgan fingerprint density at radius 3 is 3.08 bits per heavy atom. The van der Waals surface area contributed by atoms with Gasteiger partial charge >= 0.3 is 5.76 Å². The van der Waals surface area contributed by atoms with Crippen LogP contribution in [0, 0.1) is 0 Å². The lowest BCUT2D eigenvalue weighted by atomic mass is 10.3. The molecule has 6 heteroatoms. The van der Waals surface area contributed by atoms with Gasteiger partial charge in [0.2, 0.25) is 5.89 Å². The summed E-state index contributed by atoms with van der Waals surface area (Å²) in [5.74, 6) is -0.0467. The van der Waals surface area contributed by atoms with Crippen LogP contribution in [0.25, 0.3) is 0 Å². The van der Waals surface area contributed by atoms with E-state index in [-0.39, 0.29) is 6.04 Å². The molecule has 6 nitrogen and oxygen atoms in total. The molecule has 1 aliphatic rings. The molecule has 1 N–H and O–H groups in total. The predicted molar refractivity (Wildman–Crippen MR) is 43.3 cm³/mol. The lowest BCUT2D eigenvalue weighted by Gasteiger charge is -2.20. The van der Waals surface area contributed by atoms with E-state index >= 15 is 0 Å². The Kier molecular flexibility index (Phi) is 2.15. The van der Waals surface area contributed by atoms with E-state index in [1.54, 1.807) is 7.05 Å². The molecule has 72 valence electrons. The van der Waals surface area contributed by atoms with Gasteiger partial charge in [-0.05, 0) is 0 Å². The Morgan fingerprint density at radius 1 is 1.69 bits per heavy atom. The molecule has 0 spiro atoms. The molecule has 0 amide bonds. The largest absolute Gasteiger partial charge is 0.436 e. The Labute approximate surface area is 74.5 Å². The van der Waals surface area contributed by atoms with Crippen molar-refractivity contribution in [2.75, 3.05) is 19.8 Å². The Balaban J connectivity index is 2.19. The Bertz CT molecular complexity index is 337. The molecule has 0 radical (unpaired) electrons. The predicted octanol–water partition coefficient (Wildman–Crippen LogP) is -0.966.